The number of rotatable bonds is 5. The van der Waals surface area contributed by atoms with Gasteiger partial charge in [0.05, 0.1) is 0 Å². The second-order valence-corrected chi connectivity index (χ2v) is 5.02. The van der Waals surface area contributed by atoms with E-state index in [4.69, 9.17) is 4.74 Å². The minimum atomic E-state index is 0.150. The van der Waals surface area contributed by atoms with Gasteiger partial charge in [0, 0.05) is 0 Å². The van der Waals surface area contributed by atoms with Crippen LogP contribution in [0.3, 0.4) is 0 Å². The Balaban J connectivity index is 2.91. The van der Waals surface area contributed by atoms with Crippen LogP contribution >= 0.6 is 0 Å². The van der Waals surface area contributed by atoms with Crippen molar-refractivity contribution in [3.05, 3.63) is 71.6 Å². The van der Waals surface area contributed by atoms with Gasteiger partial charge in [-0.3, -0.25) is 0 Å². The Kier molecular flexibility index (Phi) is 8.27. The van der Waals surface area contributed by atoms with Crippen LogP contribution in [0.5, 0.6) is 0 Å². The molecule has 21 heavy (non-hydrogen) atoms. The Bertz CT molecular complexity index is 484. The summed E-state index contributed by atoms with van der Waals surface area (Å²) in [6.45, 7) is 8.27. The zero-order valence-corrected chi connectivity index (χ0v) is 13.8. The fraction of sp³-hybridized carbons (Fsp3) is 0.400. The van der Waals surface area contributed by atoms with Crippen LogP contribution in [0.2, 0.25) is 0 Å². The normalized spacial score (nSPS) is 24.8. The Morgan fingerprint density at radius 1 is 1.19 bits per heavy atom. The van der Waals surface area contributed by atoms with Crippen LogP contribution in [0.25, 0.3) is 0 Å². The van der Waals surface area contributed by atoms with Crippen LogP contribution in [0, 0.1) is 0 Å². The molecular weight excluding hydrogens is 256 g/mol. The molecule has 1 rings (SSSR count). The van der Waals surface area contributed by atoms with E-state index in [1.165, 1.54) is 11.1 Å². The van der Waals surface area contributed by atoms with Gasteiger partial charge < -0.3 is 4.74 Å². The van der Waals surface area contributed by atoms with Gasteiger partial charge >= 0.3 is 0 Å². The molecule has 1 heterocycles. The van der Waals surface area contributed by atoms with Gasteiger partial charge in [0.25, 0.3) is 0 Å². The molecule has 1 aliphatic heterocycles. The van der Waals surface area contributed by atoms with Crippen LogP contribution in [0.15, 0.2) is 71.6 Å². The first-order chi connectivity index (χ1) is 10.3. The highest BCUT2D eigenvalue weighted by Crippen LogP contribution is 2.31. The lowest BCUT2D eigenvalue weighted by Gasteiger charge is -2.29. The molecule has 0 radical (unpaired) electrons. The van der Waals surface area contributed by atoms with E-state index in [0.717, 1.165) is 25.0 Å². The molecule has 1 fully saturated rings. The molecule has 0 spiro atoms. The molecule has 1 nitrogen and oxygen atoms in total. The van der Waals surface area contributed by atoms with Crippen molar-refractivity contribution in [1.82, 2.24) is 0 Å². The molecule has 0 aliphatic carbocycles. The number of hydrogen-bond donors (Lipinski definition) is 0. The Labute approximate surface area is 130 Å². The van der Waals surface area contributed by atoms with E-state index < -0.39 is 0 Å². The largest absolute Gasteiger partial charge is 0.486 e. The molecular formula is C20H28O. The zero-order chi connectivity index (χ0) is 15.5. The predicted molar refractivity (Wildman–Crippen MR) is 93.1 cm³/mol. The van der Waals surface area contributed by atoms with Gasteiger partial charge in [-0.25, -0.2) is 0 Å². The first-order valence-electron chi connectivity index (χ1n) is 7.91. The monoisotopic (exact) mass is 284 g/mol. The van der Waals surface area contributed by atoms with Crippen molar-refractivity contribution in [2.24, 2.45) is 0 Å². The summed E-state index contributed by atoms with van der Waals surface area (Å²) < 4.78 is 6.20. The molecule has 0 saturated carbocycles. The minimum absolute atomic E-state index is 0.150. The lowest BCUT2D eigenvalue weighted by Crippen LogP contribution is -2.21. The summed E-state index contributed by atoms with van der Waals surface area (Å²) in [6.07, 6.45) is 22.3. The van der Waals surface area contributed by atoms with E-state index in [2.05, 4.69) is 55.5 Å². The molecule has 1 heteroatoms. The van der Waals surface area contributed by atoms with Gasteiger partial charge in [-0.1, -0.05) is 55.5 Å². The average Bonchev–Trinajstić information content (AvgIpc) is 2.52. The molecule has 1 atom stereocenters. The molecule has 0 aromatic heterocycles. The highest BCUT2D eigenvalue weighted by molar-refractivity contribution is 5.35. The standard InChI is InChI=1S/C20H28O/c1-5-9-11-14-17(12-7-3)20-16-15-18(13-10-6-2)19(8-4)21-20/h6-14,20H,5,15-16H2,1-4H3/b10-6-,11-9-,12-7-,17-14+,18-13-,19-8+/t20-/m0/s1. The SMILES string of the molecule is C\C=C/C=C1/CC[C@@H](C(/C=C\C)=C/C=C\CC)O/C1=C/C. The van der Waals surface area contributed by atoms with Crippen molar-refractivity contribution in [2.45, 2.75) is 53.1 Å². The molecule has 0 unspecified atom stereocenters. The maximum atomic E-state index is 6.20. The van der Waals surface area contributed by atoms with Gasteiger partial charge in [-0.05, 0) is 57.3 Å². The first-order valence-corrected chi connectivity index (χ1v) is 7.91. The Hall–Kier alpha value is -1.76. The van der Waals surface area contributed by atoms with Crippen LogP contribution in [0.1, 0.15) is 47.0 Å². The van der Waals surface area contributed by atoms with E-state index in [0.29, 0.717) is 0 Å². The fourth-order valence-corrected chi connectivity index (χ4v) is 2.34. The van der Waals surface area contributed by atoms with E-state index in [9.17, 15) is 0 Å². The van der Waals surface area contributed by atoms with E-state index in [-0.39, 0.29) is 6.10 Å². The summed E-state index contributed by atoms with van der Waals surface area (Å²) in [5.41, 5.74) is 2.53. The lowest BCUT2D eigenvalue weighted by atomic mass is 9.95. The topological polar surface area (TPSA) is 9.23 Å². The number of allylic oxidation sites excluding steroid dienone is 9. The van der Waals surface area contributed by atoms with Crippen molar-refractivity contribution >= 4 is 0 Å². The smallest absolute Gasteiger partial charge is 0.124 e. The average molecular weight is 284 g/mol. The summed E-state index contributed by atoms with van der Waals surface area (Å²) in [4.78, 5) is 0. The summed E-state index contributed by atoms with van der Waals surface area (Å²) in [6, 6.07) is 0. The lowest BCUT2D eigenvalue weighted by molar-refractivity contribution is 0.126. The van der Waals surface area contributed by atoms with Crippen molar-refractivity contribution in [3.8, 4) is 0 Å². The second kappa shape index (κ2) is 10.0. The third-order valence-electron chi connectivity index (χ3n) is 3.40. The van der Waals surface area contributed by atoms with E-state index in [1.54, 1.807) is 0 Å². The zero-order valence-electron chi connectivity index (χ0n) is 13.8. The van der Waals surface area contributed by atoms with E-state index in [1.807, 2.05) is 26.8 Å². The molecule has 0 aromatic rings. The predicted octanol–water partition coefficient (Wildman–Crippen LogP) is 6.04. The second-order valence-electron chi connectivity index (χ2n) is 5.02. The van der Waals surface area contributed by atoms with Crippen LogP contribution in [-0.2, 0) is 4.74 Å². The molecule has 0 aromatic carbocycles. The van der Waals surface area contributed by atoms with Crippen molar-refractivity contribution in [3.63, 3.8) is 0 Å². The minimum Gasteiger partial charge on any atom is -0.486 e. The van der Waals surface area contributed by atoms with Crippen molar-refractivity contribution < 1.29 is 4.74 Å². The van der Waals surface area contributed by atoms with Crippen LogP contribution in [0.4, 0.5) is 0 Å². The molecule has 0 N–H and O–H groups in total. The van der Waals surface area contributed by atoms with Gasteiger partial charge in [-0.2, -0.15) is 0 Å². The van der Waals surface area contributed by atoms with Gasteiger partial charge in [0.1, 0.15) is 11.9 Å². The summed E-state index contributed by atoms with van der Waals surface area (Å²) in [7, 11) is 0. The fourth-order valence-electron chi connectivity index (χ4n) is 2.34. The molecule has 0 bridgehead atoms. The first kappa shape index (κ1) is 17.3. The summed E-state index contributed by atoms with van der Waals surface area (Å²) in [5.74, 6) is 1.01. The third-order valence-corrected chi connectivity index (χ3v) is 3.40. The molecule has 114 valence electrons. The highest BCUT2D eigenvalue weighted by Gasteiger charge is 2.22. The van der Waals surface area contributed by atoms with Crippen molar-refractivity contribution in [1.29, 1.82) is 0 Å². The Morgan fingerprint density at radius 3 is 2.62 bits per heavy atom. The number of ether oxygens (including phenoxy) is 1. The maximum absolute atomic E-state index is 6.20. The van der Waals surface area contributed by atoms with Gasteiger partial charge in [-0.15, -0.1) is 0 Å². The number of hydrogen-bond acceptors (Lipinski definition) is 1. The summed E-state index contributed by atoms with van der Waals surface area (Å²) in [5, 5.41) is 0. The molecule has 0 amide bonds. The molecule has 1 aliphatic rings. The maximum Gasteiger partial charge on any atom is 0.124 e. The van der Waals surface area contributed by atoms with Gasteiger partial charge in [0.2, 0.25) is 0 Å². The summed E-state index contributed by atoms with van der Waals surface area (Å²) >= 11 is 0. The molecule has 1 saturated heterocycles. The van der Waals surface area contributed by atoms with Crippen LogP contribution in [-0.4, -0.2) is 6.10 Å². The van der Waals surface area contributed by atoms with Crippen LogP contribution < -0.4 is 0 Å². The third kappa shape index (κ3) is 5.63. The Morgan fingerprint density at radius 2 is 2.00 bits per heavy atom. The highest BCUT2D eigenvalue weighted by atomic mass is 16.5. The quantitative estimate of drug-likeness (QED) is 0.559. The van der Waals surface area contributed by atoms with E-state index >= 15 is 0 Å². The van der Waals surface area contributed by atoms with Gasteiger partial charge in [0.15, 0.2) is 0 Å². The van der Waals surface area contributed by atoms with Crippen molar-refractivity contribution in [2.75, 3.05) is 0 Å².